The van der Waals surface area contributed by atoms with Crippen LogP contribution in [0, 0.1) is 5.82 Å². The highest BCUT2D eigenvalue weighted by Gasteiger charge is 2.33. The first-order valence-electron chi connectivity index (χ1n) is 10.6. The average Bonchev–Trinajstić information content (AvgIpc) is 3.37. The van der Waals surface area contributed by atoms with Crippen LogP contribution in [0.3, 0.4) is 0 Å². The molecule has 1 amide bonds. The topological polar surface area (TPSA) is 63.5 Å². The minimum absolute atomic E-state index is 0.0566. The monoisotopic (exact) mass is 455 g/mol. The Labute approximate surface area is 190 Å². The summed E-state index contributed by atoms with van der Waals surface area (Å²) in [5.74, 6) is 0.123. The van der Waals surface area contributed by atoms with Gasteiger partial charge in [0, 0.05) is 61.1 Å². The van der Waals surface area contributed by atoms with Crippen molar-refractivity contribution >= 4 is 23.3 Å². The Bertz CT molecular complexity index is 1200. The predicted molar refractivity (Wildman–Crippen MR) is 119 cm³/mol. The summed E-state index contributed by atoms with van der Waals surface area (Å²) in [4.78, 5) is 21.7. The molecule has 0 N–H and O–H groups in total. The van der Waals surface area contributed by atoms with Crippen LogP contribution in [0.25, 0.3) is 11.3 Å². The molecule has 166 valence electrons. The summed E-state index contributed by atoms with van der Waals surface area (Å²) >= 11 is 5.97. The van der Waals surface area contributed by atoms with E-state index in [0.717, 1.165) is 11.1 Å². The number of carbonyl (C=O) groups excluding carboxylic acids is 1. The SMILES string of the molecule is CCN1Cc2c(cc(N3CCO[C@@H](c4cnn(C)c4)C3)nc2-c2ccc(Cl)cc2F)C1=O. The number of fused-ring (bicyclic) bond motifs is 1. The summed E-state index contributed by atoms with van der Waals surface area (Å²) in [6.07, 6.45) is 3.56. The van der Waals surface area contributed by atoms with Gasteiger partial charge in [-0.3, -0.25) is 9.48 Å². The molecule has 3 aromatic rings. The fraction of sp³-hybridized carbons (Fsp3) is 0.348. The van der Waals surface area contributed by atoms with E-state index in [0.29, 0.717) is 60.4 Å². The standard InChI is InChI=1S/C23H23ClFN5O2/c1-3-29-12-18-17(23(29)31)9-21(27-22(18)16-5-4-15(24)8-19(16)25)30-6-7-32-20(13-30)14-10-26-28(2)11-14/h4-5,8-11,20H,3,6-7,12-13H2,1-2H3/t20-/m1/s1. The predicted octanol–water partition coefficient (Wildman–Crippen LogP) is 3.83. The zero-order valence-electron chi connectivity index (χ0n) is 17.9. The molecule has 2 aliphatic heterocycles. The van der Waals surface area contributed by atoms with Gasteiger partial charge >= 0.3 is 0 Å². The molecule has 32 heavy (non-hydrogen) atoms. The van der Waals surface area contributed by atoms with Crippen LogP contribution in [-0.4, -0.2) is 51.8 Å². The van der Waals surface area contributed by atoms with Crippen molar-refractivity contribution in [1.29, 1.82) is 0 Å². The fourth-order valence-corrected chi connectivity index (χ4v) is 4.49. The number of ether oxygens (including phenoxy) is 1. The van der Waals surface area contributed by atoms with Crippen molar-refractivity contribution < 1.29 is 13.9 Å². The number of anilines is 1. The van der Waals surface area contributed by atoms with Crippen molar-refractivity contribution in [2.45, 2.75) is 19.6 Å². The van der Waals surface area contributed by atoms with Crippen molar-refractivity contribution in [1.82, 2.24) is 19.7 Å². The quantitative estimate of drug-likeness (QED) is 0.598. The first kappa shape index (κ1) is 20.9. The number of hydrogen-bond acceptors (Lipinski definition) is 5. The molecular formula is C23H23ClFN5O2. The molecule has 1 saturated heterocycles. The highest BCUT2D eigenvalue weighted by atomic mass is 35.5. The fourth-order valence-electron chi connectivity index (χ4n) is 4.33. The van der Waals surface area contributed by atoms with E-state index in [4.69, 9.17) is 21.3 Å². The molecule has 0 saturated carbocycles. The number of carbonyl (C=O) groups is 1. The third-order valence-corrected chi connectivity index (χ3v) is 6.27. The van der Waals surface area contributed by atoms with Crippen LogP contribution in [0.15, 0.2) is 36.7 Å². The van der Waals surface area contributed by atoms with Gasteiger partial charge in [0.05, 0.1) is 24.1 Å². The summed E-state index contributed by atoms with van der Waals surface area (Å²) in [7, 11) is 1.87. The molecule has 0 unspecified atom stereocenters. The molecule has 4 heterocycles. The van der Waals surface area contributed by atoms with E-state index >= 15 is 0 Å². The molecule has 9 heteroatoms. The Morgan fingerprint density at radius 1 is 1.28 bits per heavy atom. The number of aromatic nitrogens is 3. The number of hydrogen-bond donors (Lipinski definition) is 0. The van der Waals surface area contributed by atoms with E-state index in [1.54, 1.807) is 27.9 Å². The number of pyridine rings is 1. The number of morpholine rings is 1. The lowest BCUT2D eigenvalue weighted by molar-refractivity contribution is 0.0395. The van der Waals surface area contributed by atoms with Gasteiger partial charge in [0.15, 0.2) is 0 Å². The van der Waals surface area contributed by atoms with Gasteiger partial charge in [-0.25, -0.2) is 9.37 Å². The van der Waals surface area contributed by atoms with E-state index in [1.807, 2.05) is 26.2 Å². The van der Waals surface area contributed by atoms with Gasteiger partial charge in [-0.2, -0.15) is 5.10 Å². The Hall–Kier alpha value is -2.97. The third-order valence-electron chi connectivity index (χ3n) is 6.03. The molecule has 0 spiro atoms. The molecule has 1 atom stereocenters. The molecular weight excluding hydrogens is 433 g/mol. The van der Waals surface area contributed by atoms with Crippen LogP contribution in [-0.2, 0) is 18.3 Å². The normalized spacial score (nSPS) is 18.4. The van der Waals surface area contributed by atoms with Gasteiger partial charge in [0.25, 0.3) is 5.91 Å². The highest BCUT2D eigenvalue weighted by Crippen LogP contribution is 2.37. The zero-order valence-corrected chi connectivity index (χ0v) is 18.6. The molecule has 0 bridgehead atoms. The van der Waals surface area contributed by atoms with Crippen molar-refractivity contribution in [3.63, 3.8) is 0 Å². The van der Waals surface area contributed by atoms with Crippen molar-refractivity contribution in [2.24, 2.45) is 7.05 Å². The van der Waals surface area contributed by atoms with Crippen molar-refractivity contribution in [3.05, 3.63) is 64.2 Å². The van der Waals surface area contributed by atoms with Crippen LogP contribution < -0.4 is 4.90 Å². The first-order valence-corrected chi connectivity index (χ1v) is 11.0. The number of aryl methyl sites for hydroxylation is 1. The number of rotatable bonds is 4. The molecule has 1 fully saturated rings. The maximum Gasteiger partial charge on any atom is 0.254 e. The summed E-state index contributed by atoms with van der Waals surface area (Å²) in [6.45, 7) is 4.62. The minimum atomic E-state index is -0.457. The van der Waals surface area contributed by atoms with Gasteiger partial charge in [-0.05, 0) is 31.2 Å². The van der Waals surface area contributed by atoms with E-state index in [-0.39, 0.29) is 12.0 Å². The Balaban J connectivity index is 1.57. The van der Waals surface area contributed by atoms with Gasteiger partial charge in [0.2, 0.25) is 0 Å². The van der Waals surface area contributed by atoms with E-state index in [2.05, 4.69) is 10.00 Å². The first-order chi connectivity index (χ1) is 15.4. The lowest BCUT2D eigenvalue weighted by Crippen LogP contribution is -2.39. The van der Waals surface area contributed by atoms with E-state index in [9.17, 15) is 9.18 Å². The number of nitrogens with zero attached hydrogens (tertiary/aromatic N) is 5. The summed E-state index contributed by atoms with van der Waals surface area (Å²) in [5.41, 5.74) is 3.13. The third kappa shape index (κ3) is 3.63. The Morgan fingerprint density at radius 2 is 2.12 bits per heavy atom. The molecule has 0 aliphatic carbocycles. The molecule has 7 nitrogen and oxygen atoms in total. The van der Waals surface area contributed by atoms with Gasteiger partial charge < -0.3 is 14.5 Å². The maximum absolute atomic E-state index is 14.9. The van der Waals surface area contributed by atoms with Gasteiger partial charge in [-0.1, -0.05) is 11.6 Å². The molecule has 2 aromatic heterocycles. The molecule has 5 rings (SSSR count). The smallest absolute Gasteiger partial charge is 0.254 e. The largest absolute Gasteiger partial charge is 0.370 e. The van der Waals surface area contributed by atoms with E-state index < -0.39 is 5.82 Å². The Kier molecular flexibility index (Phi) is 5.35. The van der Waals surface area contributed by atoms with Crippen LogP contribution in [0.4, 0.5) is 10.2 Å². The average molecular weight is 456 g/mol. The molecule has 1 aromatic carbocycles. The summed E-state index contributed by atoms with van der Waals surface area (Å²) < 4.78 is 22.6. The summed E-state index contributed by atoms with van der Waals surface area (Å²) in [6, 6.07) is 6.37. The van der Waals surface area contributed by atoms with Gasteiger partial charge in [0.1, 0.15) is 17.7 Å². The molecule has 0 radical (unpaired) electrons. The van der Waals surface area contributed by atoms with Crippen LogP contribution in [0.5, 0.6) is 0 Å². The summed E-state index contributed by atoms with van der Waals surface area (Å²) in [5, 5.41) is 4.55. The highest BCUT2D eigenvalue weighted by molar-refractivity contribution is 6.30. The van der Waals surface area contributed by atoms with Crippen molar-refractivity contribution in [2.75, 3.05) is 31.1 Å². The lowest BCUT2D eigenvalue weighted by atomic mass is 10.0. The van der Waals surface area contributed by atoms with Crippen LogP contribution in [0.1, 0.15) is 34.5 Å². The zero-order chi connectivity index (χ0) is 22.4. The van der Waals surface area contributed by atoms with Crippen molar-refractivity contribution in [3.8, 4) is 11.3 Å². The number of halogens is 2. The number of benzene rings is 1. The second-order valence-electron chi connectivity index (χ2n) is 8.05. The second-order valence-corrected chi connectivity index (χ2v) is 8.49. The van der Waals surface area contributed by atoms with Gasteiger partial charge in [-0.15, -0.1) is 0 Å². The van der Waals surface area contributed by atoms with Crippen LogP contribution in [0.2, 0.25) is 5.02 Å². The second kappa shape index (κ2) is 8.18. The minimum Gasteiger partial charge on any atom is -0.370 e. The van der Waals surface area contributed by atoms with Crippen LogP contribution >= 0.6 is 11.6 Å². The number of amides is 1. The maximum atomic E-state index is 14.9. The Morgan fingerprint density at radius 3 is 2.84 bits per heavy atom. The molecule has 2 aliphatic rings. The van der Waals surface area contributed by atoms with E-state index in [1.165, 1.54) is 6.07 Å². The lowest BCUT2D eigenvalue weighted by Gasteiger charge is -2.33.